The highest BCUT2D eigenvalue weighted by Gasteiger charge is 2.48. The van der Waals surface area contributed by atoms with E-state index in [0.29, 0.717) is 0 Å². The van der Waals surface area contributed by atoms with Gasteiger partial charge in [0.25, 0.3) is 5.91 Å². The maximum atomic E-state index is 16.0. The van der Waals surface area contributed by atoms with Crippen LogP contribution in [0.3, 0.4) is 0 Å². The molecule has 0 spiro atoms. The van der Waals surface area contributed by atoms with Crippen molar-refractivity contribution < 1.29 is 31.9 Å². The number of anilines is 2. The van der Waals surface area contributed by atoms with Crippen molar-refractivity contribution in [3.05, 3.63) is 75.7 Å². The Morgan fingerprint density at radius 1 is 1.29 bits per heavy atom. The lowest BCUT2D eigenvalue weighted by atomic mass is 9.88. The van der Waals surface area contributed by atoms with Crippen LogP contribution in [0.25, 0.3) is 0 Å². The molecule has 2 aromatic carbocycles. The molecule has 214 valence electrons. The van der Waals surface area contributed by atoms with Crippen LogP contribution in [-0.4, -0.2) is 36.8 Å². The van der Waals surface area contributed by atoms with Crippen molar-refractivity contribution in [3.8, 4) is 23.3 Å². The fourth-order valence-electron chi connectivity index (χ4n) is 5.46. The number of nitrogens with zero attached hydrogens (tertiary/aromatic N) is 2. The minimum atomic E-state index is -4.06. The summed E-state index contributed by atoms with van der Waals surface area (Å²) in [6, 6.07) is 7.13. The molecule has 11 heteroatoms. The second-order valence-corrected chi connectivity index (χ2v) is 12.8. The van der Waals surface area contributed by atoms with Gasteiger partial charge in [0.2, 0.25) is 0 Å². The number of aromatic hydroxyl groups is 1. The summed E-state index contributed by atoms with van der Waals surface area (Å²) in [5.74, 6) is 4.16. The van der Waals surface area contributed by atoms with E-state index >= 15 is 4.39 Å². The van der Waals surface area contributed by atoms with Gasteiger partial charge in [-0.2, -0.15) is 0 Å². The van der Waals surface area contributed by atoms with Gasteiger partial charge < -0.3 is 19.6 Å². The summed E-state index contributed by atoms with van der Waals surface area (Å²) in [6.07, 6.45) is 0.272. The quantitative estimate of drug-likeness (QED) is 0.311. The molecule has 1 aromatic heterocycles. The number of hydrogen-bond donors (Lipinski definition) is 2. The standard InChI is InChI=1S/C30H30FN3O6S/c1-6-7-13-39-19-11-12-20(21(31)14-19)27-28-22(15-30(4,5)16-41(28,37)38)33-26-23(9-8-10-24(26)35)34(27)29(36)25-17(2)40-18(3)32-25/h8-12,14,27,33,35H,13,15-16H2,1-5H3. The summed E-state index contributed by atoms with van der Waals surface area (Å²) in [4.78, 5) is 19.6. The zero-order valence-corrected chi connectivity index (χ0v) is 24.1. The van der Waals surface area contributed by atoms with Gasteiger partial charge in [-0.25, -0.2) is 17.8 Å². The van der Waals surface area contributed by atoms with Gasteiger partial charge in [0.05, 0.1) is 16.3 Å². The third-order valence-electron chi connectivity index (χ3n) is 7.01. The largest absolute Gasteiger partial charge is 0.506 e. The van der Waals surface area contributed by atoms with E-state index in [-0.39, 0.29) is 75.2 Å². The first-order valence-electron chi connectivity index (χ1n) is 13.0. The van der Waals surface area contributed by atoms with E-state index in [1.54, 1.807) is 26.8 Å². The predicted octanol–water partition coefficient (Wildman–Crippen LogP) is 5.41. The third-order valence-corrected chi connectivity index (χ3v) is 9.31. The van der Waals surface area contributed by atoms with Crippen LogP contribution in [0.4, 0.5) is 15.8 Å². The number of carbonyl (C=O) groups is 1. The highest BCUT2D eigenvalue weighted by atomic mass is 32.2. The van der Waals surface area contributed by atoms with Gasteiger partial charge in [0.15, 0.2) is 21.4 Å². The Balaban J connectivity index is 1.82. The van der Waals surface area contributed by atoms with E-state index in [1.165, 1.54) is 29.2 Å². The maximum Gasteiger partial charge on any atom is 0.281 e. The number of ether oxygens (including phenoxy) is 1. The lowest BCUT2D eigenvalue weighted by molar-refractivity contribution is 0.0974. The summed E-state index contributed by atoms with van der Waals surface area (Å²) < 4.78 is 55.1. The molecular formula is C30H30FN3O6S. The van der Waals surface area contributed by atoms with Gasteiger partial charge in [-0.3, -0.25) is 9.69 Å². The van der Waals surface area contributed by atoms with Crippen molar-refractivity contribution in [3.63, 3.8) is 0 Å². The van der Waals surface area contributed by atoms with Gasteiger partial charge >= 0.3 is 0 Å². The van der Waals surface area contributed by atoms with Gasteiger partial charge in [0, 0.05) is 24.3 Å². The minimum absolute atomic E-state index is 0.0451. The number of benzene rings is 2. The monoisotopic (exact) mass is 579 g/mol. The molecule has 1 atom stereocenters. The molecule has 0 bridgehead atoms. The molecule has 0 saturated carbocycles. The first-order chi connectivity index (χ1) is 19.3. The third kappa shape index (κ3) is 5.15. The summed E-state index contributed by atoms with van der Waals surface area (Å²) in [5.41, 5.74) is -0.248. The molecule has 3 aromatic rings. The van der Waals surface area contributed by atoms with Crippen molar-refractivity contribution in [2.24, 2.45) is 5.41 Å². The van der Waals surface area contributed by atoms with Crippen LogP contribution in [0.15, 0.2) is 51.4 Å². The number of hydrogen-bond acceptors (Lipinski definition) is 8. The molecule has 0 radical (unpaired) electrons. The van der Waals surface area contributed by atoms with Gasteiger partial charge in [-0.15, -0.1) is 5.92 Å². The number of allylic oxidation sites excluding steroid dienone is 1. The molecular weight excluding hydrogens is 549 g/mol. The van der Waals surface area contributed by atoms with Crippen LogP contribution in [0.1, 0.15) is 60.9 Å². The second kappa shape index (κ2) is 10.3. The fraction of sp³-hybridized carbons (Fsp3) is 0.333. The maximum absolute atomic E-state index is 16.0. The first kappa shape index (κ1) is 28.2. The van der Waals surface area contributed by atoms with Crippen molar-refractivity contribution in [1.82, 2.24) is 4.98 Å². The number of para-hydroxylation sites is 1. The second-order valence-electron chi connectivity index (χ2n) is 10.9. The van der Waals surface area contributed by atoms with Gasteiger partial charge in [0.1, 0.15) is 41.4 Å². The summed E-state index contributed by atoms with van der Waals surface area (Å²) in [7, 11) is -4.06. The van der Waals surface area contributed by atoms with E-state index < -0.39 is 33.0 Å². The number of carbonyl (C=O) groups excluding carboxylic acids is 1. The molecule has 1 amide bonds. The van der Waals surface area contributed by atoms with E-state index in [0.717, 1.165) is 6.07 Å². The van der Waals surface area contributed by atoms with Gasteiger partial charge in [-0.1, -0.05) is 25.8 Å². The smallest absolute Gasteiger partial charge is 0.281 e. The number of fused-ring (bicyclic) bond motifs is 1. The number of nitrogens with one attached hydrogen (secondary N) is 1. The van der Waals surface area contributed by atoms with Crippen LogP contribution in [0, 0.1) is 36.9 Å². The molecule has 2 aliphatic rings. The minimum Gasteiger partial charge on any atom is -0.506 e. The van der Waals surface area contributed by atoms with Crippen LogP contribution < -0.4 is 15.0 Å². The van der Waals surface area contributed by atoms with E-state index in [1.807, 2.05) is 13.8 Å². The number of halogens is 1. The average molecular weight is 580 g/mol. The average Bonchev–Trinajstić information content (AvgIpc) is 3.13. The molecule has 0 fully saturated rings. The lowest BCUT2D eigenvalue weighted by Crippen LogP contribution is -2.41. The van der Waals surface area contributed by atoms with Crippen LogP contribution >= 0.6 is 0 Å². The normalized spacial score (nSPS) is 18.8. The fourth-order valence-corrected chi connectivity index (χ4v) is 7.82. The number of aromatic nitrogens is 1. The zero-order valence-electron chi connectivity index (χ0n) is 23.3. The van der Waals surface area contributed by atoms with Gasteiger partial charge in [-0.05, 0) is 49.9 Å². The van der Waals surface area contributed by atoms with E-state index in [4.69, 9.17) is 9.15 Å². The Bertz CT molecular complexity index is 1760. The number of sulfone groups is 1. The molecule has 3 heterocycles. The zero-order chi connectivity index (χ0) is 29.7. The molecule has 2 aliphatic heterocycles. The Labute approximate surface area is 238 Å². The summed E-state index contributed by atoms with van der Waals surface area (Å²) >= 11 is 0. The number of aryl methyl sites for hydroxylation is 2. The summed E-state index contributed by atoms with van der Waals surface area (Å²) in [6.45, 7) is 8.49. The topological polar surface area (TPSA) is 122 Å². The van der Waals surface area contributed by atoms with Crippen LogP contribution in [-0.2, 0) is 9.84 Å². The molecule has 9 nitrogen and oxygen atoms in total. The number of oxazole rings is 1. The number of phenols is 1. The summed E-state index contributed by atoms with van der Waals surface area (Å²) in [5, 5.41) is 14.0. The highest BCUT2D eigenvalue weighted by Crippen LogP contribution is 2.52. The van der Waals surface area contributed by atoms with Crippen molar-refractivity contribution >= 4 is 27.1 Å². The molecule has 2 N–H and O–H groups in total. The first-order valence-corrected chi connectivity index (χ1v) is 14.6. The molecule has 0 saturated heterocycles. The number of phenolic OH excluding ortho intramolecular Hbond substituents is 1. The highest BCUT2D eigenvalue weighted by molar-refractivity contribution is 7.95. The molecule has 0 aliphatic carbocycles. The predicted molar refractivity (Wildman–Crippen MR) is 152 cm³/mol. The van der Waals surface area contributed by atoms with Crippen molar-refractivity contribution in [2.75, 3.05) is 22.6 Å². The Morgan fingerprint density at radius 3 is 2.71 bits per heavy atom. The number of amides is 1. The number of rotatable bonds is 4. The van der Waals surface area contributed by atoms with Crippen LogP contribution in [0.5, 0.6) is 11.5 Å². The SMILES string of the molecule is CC#CCOc1ccc(C2C3=C(CC(C)(C)CS3(=O)=O)Nc3c(O)cccc3N2C(=O)c2nc(C)oc2C)c(F)c1. The molecule has 1 unspecified atom stereocenters. The Morgan fingerprint density at radius 2 is 2.05 bits per heavy atom. The Hall–Kier alpha value is -4.30. The Kier molecular flexibility index (Phi) is 7.07. The van der Waals surface area contributed by atoms with E-state index in [2.05, 4.69) is 22.1 Å². The van der Waals surface area contributed by atoms with E-state index in [9.17, 15) is 18.3 Å². The van der Waals surface area contributed by atoms with Crippen LogP contribution in [0.2, 0.25) is 0 Å². The van der Waals surface area contributed by atoms with Crippen molar-refractivity contribution in [2.45, 2.75) is 47.1 Å². The molecule has 5 rings (SSSR count). The molecule has 41 heavy (non-hydrogen) atoms. The lowest BCUT2D eigenvalue weighted by Gasteiger charge is -2.37. The van der Waals surface area contributed by atoms with Crippen molar-refractivity contribution in [1.29, 1.82) is 0 Å².